The van der Waals surface area contributed by atoms with Crippen molar-refractivity contribution in [2.45, 2.75) is 19.3 Å². The van der Waals surface area contributed by atoms with E-state index >= 15 is 0 Å². The molecule has 24 heavy (non-hydrogen) atoms. The average molecular weight is 333 g/mol. The Morgan fingerprint density at radius 2 is 1.71 bits per heavy atom. The minimum absolute atomic E-state index is 0.101. The van der Waals surface area contributed by atoms with Crippen LogP contribution in [0, 0.1) is 11.7 Å². The van der Waals surface area contributed by atoms with Gasteiger partial charge in [0.2, 0.25) is 5.91 Å². The Bertz CT molecular complexity index is 586. The number of halogens is 1. The summed E-state index contributed by atoms with van der Waals surface area (Å²) in [4.78, 5) is 28.3. The number of hydrogen-bond donors (Lipinski definition) is 1. The van der Waals surface area contributed by atoms with Gasteiger partial charge in [0.25, 0.3) is 5.91 Å². The molecule has 0 bridgehead atoms. The van der Waals surface area contributed by atoms with Crippen molar-refractivity contribution in [3.63, 3.8) is 0 Å². The highest BCUT2D eigenvalue weighted by Gasteiger charge is 2.24. The van der Waals surface area contributed by atoms with Crippen LogP contribution in [-0.4, -0.2) is 60.9 Å². The molecule has 1 heterocycles. The third kappa shape index (κ3) is 4.54. The molecule has 2 fully saturated rings. The molecule has 1 aliphatic carbocycles. The van der Waals surface area contributed by atoms with Gasteiger partial charge >= 0.3 is 0 Å². The Kier molecular flexibility index (Phi) is 5.45. The number of benzene rings is 1. The van der Waals surface area contributed by atoms with Crippen molar-refractivity contribution < 1.29 is 14.0 Å². The molecule has 5 nitrogen and oxygen atoms in total. The van der Waals surface area contributed by atoms with E-state index in [1.54, 1.807) is 4.90 Å². The van der Waals surface area contributed by atoms with Crippen LogP contribution in [-0.2, 0) is 4.79 Å². The first kappa shape index (κ1) is 16.9. The summed E-state index contributed by atoms with van der Waals surface area (Å²) in [5.74, 6) is 0.409. The van der Waals surface area contributed by atoms with Gasteiger partial charge in [-0.15, -0.1) is 0 Å². The molecule has 0 spiro atoms. The molecule has 130 valence electrons. The molecule has 0 aromatic heterocycles. The number of nitrogens with zero attached hydrogens (tertiary/aromatic N) is 2. The van der Waals surface area contributed by atoms with Crippen LogP contribution >= 0.6 is 0 Å². The first-order valence-corrected chi connectivity index (χ1v) is 8.67. The Morgan fingerprint density at radius 1 is 1.04 bits per heavy atom. The molecular weight excluding hydrogens is 309 g/mol. The molecule has 0 unspecified atom stereocenters. The van der Waals surface area contributed by atoms with Crippen LogP contribution in [0.1, 0.15) is 29.6 Å². The highest BCUT2D eigenvalue weighted by atomic mass is 19.1. The van der Waals surface area contributed by atoms with Crippen LogP contribution in [0.15, 0.2) is 24.3 Å². The normalized spacial score (nSPS) is 18.4. The second kappa shape index (κ2) is 7.75. The number of carbonyl (C=O) groups is 2. The Morgan fingerprint density at radius 3 is 2.42 bits per heavy atom. The highest BCUT2D eigenvalue weighted by Crippen LogP contribution is 2.27. The lowest BCUT2D eigenvalue weighted by Crippen LogP contribution is -2.41. The summed E-state index contributed by atoms with van der Waals surface area (Å²) in [6.07, 6.45) is 3.30. The van der Waals surface area contributed by atoms with E-state index in [0.717, 1.165) is 18.9 Å². The van der Waals surface area contributed by atoms with Crippen molar-refractivity contribution in [2.75, 3.05) is 39.3 Å². The summed E-state index contributed by atoms with van der Waals surface area (Å²) in [6, 6.07) is 5.61. The smallest absolute Gasteiger partial charge is 0.253 e. The lowest BCUT2D eigenvalue weighted by atomic mass is 10.2. The minimum atomic E-state index is -0.349. The summed E-state index contributed by atoms with van der Waals surface area (Å²) in [6.45, 7) is 3.67. The zero-order chi connectivity index (χ0) is 16.9. The molecular formula is C18H24FN3O2. The van der Waals surface area contributed by atoms with Crippen molar-refractivity contribution in [3.8, 4) is 0 Å². The van der Waals surface area contributed by atoms with Gasteiger partial charge in [-0.2, -0.15) is 0 Å². The number of nitrogens with one attached hydrogen (secondary N) is 1. The summed E-state index contributed by atoms with van der Waals surface area (Å²) >= 11 is 0. The van der Waals surface area contributed by atoms with Gasteiger partial charge in [0.05, 0.1) is 6.54 Å². The van der Waals surface area contributed by atoms with Gasteiger partial charge in [-0.3, -0.25) is 9.59 Å². The molecule has 6 heteroatoms. The van der Waals surface area contributed by atoms with Gasteiger partial charge in [0.1, 0.15) is 5.82 Å². The number of carbonyl (C=O) groups excluding carboxylic acids is 2. The zero-order valence-electron chi connectivity index (χ0n) is 13.8. The van der Waals surface area contributed by atoms with Crippen molar-refractivity contribution in [1.82, 2.24) is 15.1 Å². The SMILES string of the molecule is O=C(CNCC1CC1)N1CCCN(C(=O)c2ccc(F)cc2)CC1. The van der Waals surface area contributed by atoms with Gasteiger partial charge in [-0.1, -0.05) is 0 Å². The maximum atomic E-state index is 13.0. The lowest BCUT2D eigenvalue weighted by Gasteiger charge is -2.22. The third-order valence-corrected chi connectivity index (χ3v) is 4.63. The molecule has 2 amide bonds. The third-order valence-electron chi connectivity index (χ3n) is 4.63. The first-order valence-electron chi connectivity index (χ1n) is 8.67. The van der Waals surface area contributed by atoms with E-state index in [0.29, 0.717) is 38.3 Å². The van der Waals surface area contributed by atoms with E-state index in [2.05, 4.69) is 5.32 Å². The van der Waals surface area contributed by atoms with Gasteiger partial charge in [0, 0.05) is 31.7 Å². The molecule has 1 saturated carbocycles. The fourth-order valence-electron chi connectivity index (χ4n) is 2.96. The number of hydrogen-bond acceptors (Lipinski definition) is 3. The zero-order valence-corrected chi connectivity index (χ0v) is 13.8. The summed E-state index contributed by atoms with van der Waals surface area (Å²) < 4.78 is 13.0. The maximum Gasteiger partial charge on any atom is 0.253 e. The van der Waals surface area contributed by atoms with Crippen LogP contribution in [0.4, 0.5) is 4.39 Å². The van der Waals surface area contributed by atoms with Crippen LogP contribution in [0.3, 0.4) is 0 Å². The average Bonchev–Trinajstić information content (AvgIpc) is 3.41. The standard InChI is InChI=1S/C18H24FN3O2/c19-16-6-4-15(5-7-16)18(24)22-9-1-8-21(10-11-22)17(23)13-20-12-14-2-3-14/h4-7,14,20H,1-3,8-13H2. The molecule has 1 N–H and O–H groups in total. The Balaban J connectivity index is 1.49. The molecule has 0 radical (unpaired) electrons. The van der Waals surface area contributed by atoms with E-state index in [9.17, 15) is 14.0 Å². The van der Waals surface area contributed by atoms with Crippen molar-refractivity contribution in [3.05, 3.63) is 35.6 Å². The monoisotopic (exact) mass is 333 g/mol. The summed E-state index contributed by atoms with van der Waals surface area (Å²) in [5.41, 5.74) is 0.488. The molecule has 3 rings (SSSR count). The first-order chi connectivity index (χ1) is 11.6. The Hall–Kier alpha value is -1.95. The molecule has 1 aliphatic heterocycles. The van der Waals surface area contributed by atoms with Crippen LogP contribution in [0.2, 0.25) is 0 Å². The van der Waals surface area contributed by atoms with Gasteiger partial charge < -0.3 is 15.1 Å². The number of amides is 2. The second-order valence-electron chi connectivity index (χ2n) is 6.61. The van der Waals surface area contributed by atoms with Gasteiger partial charge in [-0.05, 0) is 56.0 Å². The van der Waals surface area contributed by atoms with E-state index in [1.807, 2.05) is 4.90 Å². The molecule has 2 aliphatic rings. The van der Waals surface area contributed by atoms with Crippen LogP contribution in [0.25, 0.3) is 0 Å². The minimum Gasteiger partial charge on any atom is -0.340 e. The van der Waals surface area contributed by atoms with E-state index in [4.69, 9.17) is 0 Å². The van der Waals surface area contributed by atoms with E-state index < -0.39 is 0 Å². The molecule has 1 saturated heterocycles. The van der Waals surface area contributed by atoms with Crippen LogP contribution in [0.5, 0.6) is 0 Å². The maximum absolute atomic E-state index is 13.0. The van der Waals surface area contributed by atoms with Crippen molar-refractivity contribution >= 4 is 11.8 Å². The van der Waals surface area contributed by atoms with Crippen LogP contribution < -0.4 is 5.32 Å². The van der Waals surface area contributed by atoms with E-state index in [1.165, 1.54) is 37.1 Å². The Labute approximate surface area is 141 Å². The predicted molar refractivity (Wildman–Crippen MR) is 89.1 cm³/mol. The summed E-state index contributed by atoms with van der Waals surface area (Å²) in [7, 11) is 0. The highest BCUT2D eigenvalue weighted by molar-refractivity contribution is 5.94. The molecule has 1 aromatic carbocycles. The van der Waals surface area contributed by atoms with Crippen molar-refractivity contribution in [1.29, 1.82) is 0 Å². The fraction of sp³-hybridized carbons (Fsp3) is 0.556. The molecule has 0 atom stereocenters. The quantitative estimate of drug-likeness (QED) is 0.888. The largest absolute Gasteiger partial charge is 0.340 e. The topological polar surface area (TPSA) is 52.7 Å². The van der Waals surface area contributed by atoms with Gasteiger partial charge in [-0.25, -0.2) is 4.39 Å². The van der Waals surface area contributed by atoms with Gasteiger partial charge in [0.15, 0.2) is 0 Å². The summed E-state index contributed by atoms with van der Waals surface area (Å²) in [5, 5.41) is 3.22. The molecule has 1 aromatic rings. The number of rotatable bonds is 5. The van der Waals surface area contributed by atoms with E-state index in [-0.39, 0.29) is 17.6 Å². The predicted octanol–water partition coefficient (Wildman–Crippen LogP) is 1.50. The fourth-order valence-corrected chi connectivity index (χ4v) is 2.96. The van der Waals surface area contributed by atoms with Crippen molar-refractivity contribution in [2.24, 2.45) is 5.92 Å². The second-order valence-corrected chi connectivity index (χ2v) is 6.61. The lowest BCUT2D eigenvalue weighted by molar-refractivity contribution is -0.130.